The Kier molecular flexibility index (Phi) is 2.10. The minimum absolute atomic E-state index is 0.0642. The maximum atomic E-state index is 11.6. The minimum atomic E-state index is -3.83. The van der Waals surface area contributed by atoms with Crippen LogP contribution in [0.3, 0.4) is 0 Å². The molecule has 0 bridgehead atoms. The summed E-state index contributed by atoms with van der Waals surface area (Å²) in [5.74, 6) is 0. The number of nitrogens with zero attached hydrogens (tertiary/aromatic N) is 2. The van der Waals surface area contributed by atoms with Crippen molar-refractivity contribution in [3.63, 3.8) is 0 Å². The second-order valence-corrected chi connectivity index (χ2v) is 4.93. The molecule has 0 aliphatic rings. The summed E-state index contributed by atoms with van der Waals surface area (Å²) < 4.78 is 45.1. The Morgan fingerprint density at radius 1 is 1.57 bits per heavy atom. The van der Waals surface area contributed by atoms with Gasteiger partial charge in [-0.05, 0) is 6.85 Å². The second-order valence-electron chi connectivity index (χ2n) is 2.80. The SMILES string of the molecule is [2H]C([2H])([2H])C(c1nccnc1CN)S(C)(=O)=O. The third kappa shape index (κ3) is 2.27. The van der Waals surface area contributed by atoms with Crippen molar-refractivity contribution in [2.75, 3.05) is 6.26 Å². The number of sulfone groups is 1. The van der Waals surface area contributed by atoms with Crippen LogP contribution in [0.4, 0.5) is 0 Å². The number of nitrogens with two attached hydrogens (primary N) is 1. The molecule has 0 amide bonds. The number of aromatic nitrogens is 2. The Morgan fingerprint density at radius 3 is 2.71 bits per heavy atom. The van der Waals surface area contributed by atoms with E-state index in [-0.39, 0.29) is 17.9 Å². The van der Waals surface area contributed by atoms with E-state index in [1.807, 2.05) is 0 Å². The minimum Gasteiger partial charge on any atom is -0.325 e. The molecule has 0 aliphatic heterocycles. The van der Waals surface area contributed by atoms with Crippen molar-refractivity contribution in [3.05, 3.63) is 23.8 Å². The van der Waals surface area contributed by atoms with Crippen molar-refractivity contribution in [1.29, 1.82) is 0 Å². The fraction of sp³-hybridized carbons (Fsp3) is 0.500. The van der Waals surface area contributed by atoms with Crippen LogP contribution < -0.4 is 5.73 Å². The molecular weight excluding hydrogens is 202 g/mol. The zero-order valence-electron chi connectivity index (χ0n) is 10.6. The first-order valence-electron chi connectivity index (χ1n) is 5.36. The monoisotopic (exact) mass is 218 g/mol. The average Bonchev–Trinajstić information content (AvgIpc) is 2.14. The van der Waals surface area contributed by atoms with E-state index in [9.17, 15) is 8.42 Å². The van der Waals surface area contributed by atoms with Crippen LogP contribution in [0.1, 0.15) is 27.6 Å². The number of hydrogen-bond acceptors (Lipinski definition) is 5. The molecule has 1 aromatic heterocycles. The Bertz CT molecular complexity index is 501. The summed E-state index contributed by atoms with van der Waals surface area (Å²) in [5, 5.41) is -1.69. The van der Waals surface area contributed by atoms with Crippen LogP contribution in [0.15, 0.2) is 12.4 Å². The van der Waals surface area contributed by atoms with Gasteiger partial charge < -0.3 is 5.73 Å². The lowest BCUT2D eigenvalue weighted by molar-refractivity contribution is 0.589. The molecule has 78 valence electrons. The van der Waals surface area contributed by atoms with Gasteiger partial charge in [0, 0.05) is 29.3 Å². The Labute approximate surface area is 87.5 Å². The highest BCUT2D eigenvalue weighted by atomic mass is 32.2. The van der Waals surface area contributed by atoms with E-state index in [1.54, 1.807) is 0 Å². The fourth-order valence-electron chi connectivity index (χ4n) is 0.957. The molecule has 2 N–H and O–H groups in total. The average molecular weight is 218 g/mol. The van der Waals surface area contributed by atoms with Crippen LogP contribution in [0, 0.1) is 0 Å². The van der Waals surface area contributed by atoms with E-state index < -0.39 is 21.9 Å². The first-order valence-corrected chi connectivity index (χ1v) is 5.82. The van der Waals surface area contributed by atoms with Gasteiger partial charge in [0.1, 0.15) is 5.25 Å². The van der Waals surface area contributed by atoms with Gasteiger partial charge in [-0.25, -0.2) is 8.42 Å². The van der Waals surface area contributed by atoms with Gasteiger partial charge in [0.25, 0.3) is 0 Å². The van der Waals surface area contributed by atoms with Gasteiger partial charge in [-0.3, -0.25) is 9.97 Å². The second kappa shape index (κ2) is 4.02. The summed E-state index contributed by atoms with van der Waals surface area (Å²) in [6, 6.07) is 0. The zero-order valence-corrected chi connectivity index (χ0v) is 8.45. The molecule has 1 rings (SSSR count). The largest absolute Gasteiger partial charge is 0.325 e. The van der Waals surface area contributed by atoms with E-state index in [0.717, 1.165) is 6.26 Å². The number of rotatable bonds is 3. The molecule has 0 radical (unpaired) electrons. The first kappa shape index (κ1) is 7.30. The summed E-state index contributed by atoms with van der Waals surface area (Å²) in [7, 11) is -3.83. The number of hydrogen-bond donors (Lipinski definition) is 1. The van der Waals surface area contributed by atoms with Gasteiger partial charge in [-0.15, -0.1) is 0 Å². The van der Waals surface area contributed by atoms with Crippen LogP contribution in [0.25, 0.3) is 0 Å². The predicted octanol–water partition coefficient (Wildman–Crippen LogP) is 0.0409. The molecule has 0 fully saturated rings. The Morgan fingerprint density at radius 2 is 2.21 bits per heavy atom. The van der Waals surface area contributed by atoms with Gasteiger partial charge >= 0.3 is 0 Å². The van der Waals surface area contributed by atoms with Gasteiger partial charge in [-0.2, -0.15) is 0 Å². The highest BCUT2D eigenvalue weighted by molar-refractivity contribution is 7.90. The fourth-order valence-corrected chi connectivity index (χ4v) is 1.56. The summed E-state index contributed by atoms with van der Waals surface area (Å²) >= 11 is 0. The van der Waals surface area contributed by atoms with Crippen LogP contribution in [0.5, 0.6) is 0 Å². The molecular formula is C8H13N3O2S. The van der Waals surface area contributed by atoms with E-state index in [4.69, 9.17) is 9.85 Å². The van der Waals surface area contributed by atoms with Crippen molar-refractivity contribution in [3.8, 4) is 0 Å². The van der Waals surface area contributed by atoms with Crippen LogP contribution in [-0.2, 0) is 16.4 Å². The smallest absolute Gasteiger partial charge is 0.155 e. The molecule has 0 saturated heterocycles. The van der Waals surface area contributed by atoms with Gasteiger partial charge in [0.05, 0.1) is 11.4 Å². The molecule has 0 spiro atoms. The zero-order chi connectivity index (χ0) is 13.3. The van der Waals surface area contributed by atoms with Gasteiger partial charge in [0.2, 0.25) is 0 Å². The van der Waals surface area contributed by atoms with Crippen LogP contribution >= 0.6 is 0 Å². The Hall–Kier alpha value is -1.01. The quantitative estimate of drug-likeness (QED) is 0.774. The predicted molar refractivity (Wildman–Crippen MR) is 53.2 cm³/mol. The summed E-state index contributed by atoms with van der Waals surface area (Å²) in [5.41, 5.74) is 5.47. The van der Waals surface area contributed by atoms with Crippen LogP contribution in [-0.4, -0.2) is 24.6 Å². The van der Waals surface area contributed by atoms with E-state index >= 15 is 0 Å². The van der Waals surface area contributed by atoms with Crippen LogP contribution in [0.2, 0.25) is 0 Å². The van der Waals surface area contributed by atoms with Crippen molar-refractivity contribution in [2.45, 2.75) is 18.6 Å². The molecule has 6 heteroatoms. The third-order valence-corrected chi connectivity index (χ3v) is 2.76. The van der Waals surface area contributed by atoms with Crippen molar-refractivity contribution in [2.24, 2.45) is 5.73 Å². The molecule has 1 aromatic rings. The van der Waals surface area contributed by atoms with Crippen molar-refractivity contribution < 1.29 is 12.5 Å². The van der Waals surface area contributed by atoms with E-state index in [1.165, 1.54) is 12.4 Å². The summed E-state index contributed by atoms with van der Waals surface area (Å²) in [6.45, 7) is -2.77. The van der Waals surface area contributed by atoms with E-state index in [0.29, 0.717) is 0 Å². The highest BCUT2D eigenvalue weighted by Gasteiger charge is 2.21. The third-order valence-electron chi connectivity index (χ3n) is 1.68. The molecule has 5 nitrogen and oxygen atoms in total. The first-order chi connectivity index (χ1) is 7.68. The lowest BCUT2D eigenvalue weighted by Crippen LogP contribution is -2.14. The lowest BCUT2D eigenvalue weighted by atomic mass is 10.2. The topological polar surface area (TPSA) is 85.9 Å². The van der Waals surface area contributed by atoms with E-state index in [2.05, 4.69) is 9.97 Å². The Balaban J connectivity index is 3.44. The molecule has 0 aromatic carbocycles. The molecule has 1 atom stereocenters. The summed E-state index contributed by atoms with van der Waals surface area (Å²) in [6.07, 6.45) is 3.45. The molecule has 1 unspecified atom stereocenters. The maximum absolute atomic E-state index is 11.6. The van der Waals surface area contributed by atoms with Crippen molar-refractivity contribution in [1.82, 2.24) is 9.97 Å². The van der Waals surface area contributed by atoms with Gasteiger partial charge in [-0.1, -0.05) is 0 Å². The summed E-state index contributed by atoms with van der Waals surface area (Å²) in [4.78, 5) is 7.64. The van der Waals surface area contributed by atoms with Crippen molar-refractivity contribution >= 4 is 9.84 Å². The standard InChI is InChI=1S/C8H13N3O2S/c1-6(14(2,12)13)8-7(5-9)10-3-4-11-8/h3-4,6H,5,9H2,1-2H3/i1D3. The molecule has 0 saturated carbocycles. The normalized spacial score (nSPS) is 18.0. The lowest BCUT2D eigenvalue weighted by Gasteiger charge is -2.11. The molecule has 1 heterocycles. The molecule has 14 heavy (non-hydrogen) atoms. The highest BCUT2D eigenvalue weighted by Crippen LogP contribution is 2.20. The molecule has 0 aliphatic carbocycles. The van der Waals surface area contributed by atoms with Gasteiger partial charge in [0.15, 0.2) is 9.84 Å². The maximum Gasteiger partial charge on any atom is 0.155 e.